The molecule has 98 valence electrons. The number of urea groups is 1. The quantitative estimate of drug-likeness (QED) is 0.862. The van der Waals surface area contributed by atoms with Crippen molar-refractivity contribution in [2.75, 3.05) is 11.9 Å². The minimum Gasteiger partial charge on any atom is -0.322 e. The lowest BCUT2D eigenvalue weighted by molar-refractivity contribution is 0.172. The minimum absolute atomic E-state index is 0.0376. The third kappa shape index (κ3) is 3.25. The van der Waals surface area contributed by atoms with E-state index in [1.807, 2.05) is 35.2 Å². The van der Waals surface area contributed by atoms with Gasteiger partial charge in [0.25, 0.3) is 0 Å². The first-order valence-corrected chi connectivity index (χ1v) is 6.94. The molecule has 0 saturated heterocycles. The Morgan fingerprint density at radius 2 is 1.89 bits per heavy atom. The Morgan fingerprint density at radius 3 is 2.50 bits per heavy atom. The molecule has 1 saturated carbocycles. The fraction of sp³-hybridized carbons (Fsp3) is 0.533. The maximum Gasteiger partial charge on any atom is 0.322 e. The second-order valence-corrected chi connectivity index (χ2v) is 4.87. The van der Waals surface area contributed by atoms with Gasteiger partial charge in [0.15, 0.2) is 0 Å². The number of amides is 2. The largest absolute Gasteiger partial charge is 0.322 e. The number of rotatable bonds is 3. The van der Waals surface area contributed by atoms with Gasteiger partial charge in [0.05, 0.1) is 0 Å². The zero-order chi connectivity index (χ0) is 12.8. The summed E-state index contributed by atoms with van der Waals surface area (Å²) in [5.41, 5.74) is 0.872. The average molecular weight is 246 g/mol. The smallest absolute Gasteiger partial charge is 0.322 e. The van der Waals surface area contributed by atoms with E-state index in [0.29, 0.717) is 6.04 Å². The predicted molar refractivity (Wildman–Crippen MR) is 74.7 cm³/mol. The van der Waals surface area contributed by atoms with Crippen LogP contribution in [0, 0.1) is 0 Å². The van der Waals surface area contributed by atoms with E-state index in [2.05, 4.69) is 12.2 Å². The average Bonchev–Trinajstić information content (AvgIpc) is 2.42. The maximum absolute atomic E-state index is 12.3. The van der Waals surface area contributed by atoms with Crippen molar-refractivity contribution in [2.24, 2.45) is 0 Å². The summed E-state index contributed by atoms with van der Waals surface area (Å²) in [4.78, 5) is 14.2. The lowest BCUT2D eigenvalue weighted by atomic mass is 9.94. The number of benzene rings is 1. The fourth-order valence-corrected chi connectivity index (χ4v) is 2.68. The van der Waals surface area contributed by atoms with Gasteiger partial charge in [0, 0.05) is 18.3 Å². The van der Waals surface area contributed by atoms with Gasteiger partial charge in [-0.3, -0.25) is 0 Å². The summed E-state index contributed by atoms with van der Waals surface area (Å²) in [5.74, 6) is 0. The van der Waals surface area contributed by atoms with E-state index in [4.69, 9.17) is 0 Å². The molecule has 2 rings (SSSR count). The zero-order valence-electron chi connectivity index (χ0n) is 11.1. The van der Waals surface area contributed by atoms with Crippen LogP contribution in [0.1, 0.15) is 39.0 Å². The van der Waals surface area contributed by atoms with Crippen LogP contribution in [0.3, 0.4) is 0 Å². The second-order valence-electron chi connectivity index (χ2n) is 4.87. The van der Waals surface area contributed by atoms with Gasteiger partial charge in [-0.25, -0.2) is 4.79 Å². The monoisotopic (exact) mass is 246 g/mol. The van der Waals surface area contributed by atoms with Crippen molar-refractivity contribution >= 4 is 11.7 Å². The normalized spacial score (nSPS) is 16.3. The molecule has 0 atom stereocenters. The molecule has 1 aliphatic carbocycles. The Balaban J connectivity index is 1.96. The molecule has 1 N–H and O–H groups in total. The van der Waals surface area contributed by atoms with E-state index in [9.17, 15) is 4.79 Å². The van der Waals surface area contributed by atoms with Gasteiger partial charge in [-0.15, -0.1) is 0 Å². The molecule has 1 aliphatic rings. The Morgan fingerprint density at radius 1 is 1.22 bits per heavy atom. The van der Waals surface area contributed by atoms with E-state index in [-0.39, 0.29) is 6.03 Å². The van der Waals surface area contributed by atoms with Crippen LogP contribution in [0.25, 0.3) is 0 Å². The van der Waals surface area contributed by atoms with Crippen LogP contribution in [0.2, 0.25) is 0 Å². The number of nitrogens with one attached hydrogen (secondary N) is 1. The van der Waals surface area contributed by atoms with Crippen LogP contribution < -0.4 is 5.32 Å². The Bertz CT molecular complexity index is 371. The molecule has 2 amide bonds. The maximum atomic E-state index is 12.3. The topological polar surface area (TPSA) is 32.3 Å². The molecule has 1 fully saturated rings. The first kappa shape index (κ1) is 12.9. The Labute approximate surface area is 109 Å². The first-order valence-electron chi connectivity index (χ1n) is 6.94. The number of carbonyl (C=O) groups is 1. The van der Waals surface area contributed by atoms with Gasteiger partial charge in [0.2, 0.25) is 0 Å². The van der Waals surface area contributed by atoms with E-state index < -0.39 is 0 Å². The van der Waals surface area contributed by atoms with Gasteiger partial charge in [-0.2, -0.15) is 0 Å². The molecule has 0 heterocycles. The molecule has 0 bridgehead atoms. The summed E-state index contributed by atoms with van der Waals surface area (Å²) in [6.07, 6.45) is 6.11. The molecule has 0 spiro atoms. The highest BCUT2D eigenvalue weighted by Gasteiger charge is 2.23. The van der Waals surface area contributed by atoms with Crippen molar-refractivity contribution in [1.29, 1.82) is 0 Å². The van der Waals surface area contributed by atoms with Gasteiger partial charge in [-0.05, 0) is 31.9 Å². The molecular formula is C15H22N2O. The van der Waals surface area contributed by atoms with Gasteiger partial charge in [-0.1, -0.05) is 37.5 Å². The van der Waals surface area contributed by atoms with Crippen LogP contribution in [0.4, 0.5) is 10.5 Å². The van der Waals surface area contributed by atoms with Crippen molar-refractivity contribution in [1.82, 2.24) is 4.90 Å². The number of hydrogen-bond acceptors (Lipinski definition) is 1. The molecule has 0 unspecified atom stereocenters. The number of para-hydroxylation sites is 1. The summed E-state index contributed by atoms with van der Waals surface area (Å²) >= 11 is 0. The lowest BCUT2D eigenvalue weighted by Crippen LogP contribution is -2.43. The highest BCUT2D eigenvalue weighted by molar-refractivity contribution is 5.89. The summed E-state index contributed by atoms with van der Waals surface area (Å²) in [6.45, 7) is 2.84. The van der Waals surface area contributed by atoms with E-state index >= 15 is 0 Å². The molecular weight excluding hydrogens is 224 g/mol. The second kappa shape index (κ2) is 6.43. The van der Waals surface area contributed by atoms with Crippen molar-refractivity contribution in [3.8, 4) is 0 Å². The third-order valence-electron chi connectivity index (χ3n) is 3.64. The third-order valence-corrected chi connectivity index (χ3v) is 3.64. The SMILES string of the molecule is CCN(C(=O)Nc1ccccc1)C1CCCCC1. The zero-order valence-corrected chi connectivity index (χ0v) is 11.1. The van der Waals surface area contributed by atoms with Crippen LogP contribution in [0.15, 0.2) is 30.3 Å². The van der Waals surface area contributed by atoms with Crippen molar-refractivity contribution in [3.63, 3.8) is 0 Å². The Hall–Kier alpha value is -1.51. The molecule has 3 nitrogen and oxygen atoms in total. The fourth-order valence-electron chi connectivity index (χ4n) is 2.68. The Kier molecular flexibility index (Phi) is 4.62. The molecule has 1 aromatic carbocycles. The molecule has 1 aromatic rings. The van der Waals surface area contributed by atoms with Crippen molar-refractivity contribution in [2.45, 2.75) is 45.1 Å². The van der Waals surface area contributed by atoms with Crippen molar-refractivity contribution < 1.29 is 4.79 Å². The van der Waals surface area contributed by atoms with Crippen LogP contribution in [0.5, 0.6) is 0 Å². The van der Waals surface area contributed by atoms with E-state index in [1.54, 1.807) is 0 Å². The van der Waals surface area contributed by atoms with Crippen LogP contribution in [-0.4, -0.2) is 23.5 Å². The minimum atomic E-state index is 0.0376. The molecule has 18 heavy (non-hydrogen) atoms. The highest BCUT2D eigenvalue weighted by atomic mass is 16.2. The summed E-state index contributed by atoms with van der Waals surface area (Å²) in [5, 5.41) is 2.98. The molecule has 0 radical (unpaired) electrons. The number of nitrogens with zero attached hydrogens (tertiary/aromatic N) is 1. The number of anilines is 1. The number of hydrogen-bond donors (Lipinski definition) is 1. The molecule has 3 heteroatoms. The van der Waals surface area contributed by atoms with Crippen LogP contribution in [-0.2, 0) is 0 Å². The number of carbonyl (C=O) groups excluding carboxylic acids is 1. The van der Waals surface area contributed by atoms with Gasteiger partial charge < -0.3 is 10.2 Å². The van der Waals surface area contributed by atoms with Crippen LogP contribution >= 0.6 is 0 Å². The first-order chi connectivity index (χ1) is 8.81. The van der Waals surface area contributed by atoms with Gasteiger partial charge >= 0.3 is 6.03 Å². The summed E-state index contributed by atoms with van der Waals surface area (Å²) in [6, 6.07) is 10.1. The van der Waals surface area contributed by atoms with E-state index in [1.165, 1.54) is 19.3 Å². The predicted octanol–water partition coefficient (Wildman–Crippen LogP) is 3.87. The highest BCUT2D eigenvalue weighted by Crippen LogP contribution is 2.23. The van der Waals surface area contributed by atoms with E-state index in [0.717, 1.165) is 25.1 Å². The molecule has 0 aliphatic heterocycles. The van der Waals surface area contributed by atoms with Crippen molar-refractivity contribution in [3.05, 3.63) is 30.3 Å². The van der Waals surface area contributed by atoms with Gasteiger partial charge in [0.1, 0.15) is 0 Å². The lowest BCUT2D eigenvalue weighted by Gasteiger charge is -2.33. The summed E-state index contributed by atoms with van der Waals surface area (Å²) in [7, 11) is 0. The standard InChI is InChI=1S/C15H22N2O/c1-2-17(14-11-7-4-8-12-14)15(18)16-13-9-5-3-6-10-13/h3,5-6,9-10,14H,2,4,7-8,11-12H2,1H3,(H,16,18). The molecule has 0 aromatic heterocycles. The summed E-state index contributed by atoms with van der Waals surface area (Å²) < 4.78 is 0.